The molecule has 2 fully saturated rings. The van der Waals surface area contributed by atoms with Gasteiger partial charge >= 0.3 is 0 Å². The molecule has 0 radical (unpaired) electrons. The van der Waals surface area contributed by atoms with Crippen molar-refractivity contribution < 1.29 is 8.42 Å². The summed E-state index contributed by atoms with van der Waals surface area (Å²) in [5.74, 6) is 0.448. The van der Waals surface area contributed by atoms with Gasteiger partial charge < -0.3 is 5.32 Å². The number of hydrogen-bond donors (Lipinski definition) is 1. The molecule has 2 aliphatic heterocycles. The fraction of sp³-hybridized carbons (Fsp3) is 0.583. The molecule has 0 saturated carbocycles. The molecule has 3 heterocycles. The first-order valence-electron chi connectivity index (χ1n) is 6.41. The average Bonchev–Trinajstić information content (AvgIpc) is 2.85. The van der Waals surface area contributed by atoms with Crippen LogP contribution in [0.2, 0.25) is 0 Å². The van der Waals surface area contributed by atoms with Crippen LogP contribution in [0.1, 0.15) is 12.8 Å². The summed E-state index contributed by atoms with van der Waals surface area (Å²) in [5, 5.41) is 3.44. The molecule has 3 rings (SSSR count). The maximum Gasteiger partial charge on any atom is 0.244 e. The largest absolute Gasteiger partial charge is 0.314 e. The lowest BCUT2D eigenvalue weighted by Crippen LogP contribution is -2.46. The Kier molecular flexibility index (Phi) is 3.63. The summed E-state index contributed by atoms with van der Waals surface area (Å²) in [5.41, 5.74) is 0. The minimum atomic E-state index is -3.41. The molecule has 5 nitrogen and oxygen atoms in total. The molecule has 1 aromatic rings. The first kappa shape index (κ1) is 13.5. The third-order valence-corrected chi connectivity index (χ3v) is 6.20. The predicted octanol–water partition coefficient (Wildman–Crippen LogP) is 1.22. The molecule has 104 valence electrons. The molecular weight excluding hydrogens is 330 g/mol. The van der Waals surface area contributed by atoms with Crippen LogP contribution < -0.4 is 5.32 Å². The number of hydrogen-bond acceptors (Lipinski definition) is 4. The SMILES string of the molecule is O=S(=O)(c1cncc(Br)c1)N1CCC2NCCC2C1. The lowest BCUT2D eigenvalue weighted by atomic mass is 9.95. The van der Waals surface area contributed by atoms with E-state index >= 15 is 0 Å². The van der Waals surface area contributed by atoms with E-state index in [0.717, 1.165) is 19.4 Å². The van der Waals surface area contributed by atoms with Gasteiger partial charge in [-0.1, -0.05) is 0 Å². The van der Waals surface area contributed by atoms with Crippen LogP contribution in [-0.4, -0.2) is 43.4 Å². The van der Waals surface area contributed by atoms with Gasteiger partial charge in [-0.15, -0.1) is 0 Å². The highest BCUT2D eigenvalue weighted by Crippen LogP contribution is 2.28. The van der Waals surface area contributed by atoms with E-state index in [1.165, 1.54) is 6.20 Å². The molecule has 19 heavy (non-hydrogen) atoms. The normalized spacial score (nSPS) is 28.3. The van der Waals surface area contributed by atoms with Crippen molar-refractivity contribution in [3.05, 3.63) is 22.9 Å². The summed E-state index contributed by atoms with van der Waals surface area (Å²) in [6, 6.07) is 2.11. The zero-order valence-electron chi connectivity index (χ0n) is 10.4. The number of halogens is 1. The number of sulfonamides is 1. The zero-order valence-corrected chi connectivity index (χ0v) is 12.8. The highest BCUT2D eigenvalue weighted by atomic mass is 79.9. The standard InChI is InChI=1S/C12H16BrN3O2S/c13-10-5-11(7-14-6-10)19(17,18)16-4-2-12-9(8-16)1-3-15-12/h5-7,9,12,15H,1-4,8H2. The van der Waals surface area contributed by atoms with Crippen molar-refractivity contribution in [3.63, 3.8) is 0 Å². The average molecular weight is 346 g/mol. The topological polar surface area (TPSA) is 62.3 Å². The van der Waals surface area contributed by atoms with Crippen LogP contribution in [0.15, 0.2) is 27.8 Å². The quantitative estimate of drug-likeness (QED) is 0.875. The molecule has 2 saturated heterocycles. The molecule has 0 spiro atoms. The Bertz CT molecular complexity index is 578. The predicted molar refractivity (Wildman–Crippen MR) is 75.2 cm³/mol. The highest BCUT2D eigenvalue weighted by Gasteiger charge is 2.37. The van der Waals surface area contributed by atoms with Crippen molar-refractivity contribution in [1.82, 2.24) is 14.6 Å². The molecule has 1 N–H and O–H groups in total. The maximum absolute atomic E-state index is 12.6. The molecule has 0 amide bonds. The molecular formula is C12H16BrN3O2S. The molecule has 7 heteroatoms. The summed E-state index contributed by atoms with van der Waals surface area (Å²) in [6.07, 6.45) is 4.96. The van der Waals surface area contributed by atoms with Crippen molar-refractivity contribution >= 4 is 26.0 Å². The summed E-state index contributed by atoms with van der Waals surface area (Å²) in [4.78, 5) is 4.22. The fourth-order valence-electron chi connectivity index (χ4n) is 2.92. The van der Waals surface area contributed by atoms with Crippen LogP contribution in [0.5, 0.6) is 0 Å². The van der Waals surface area contributed by atoms with E-state index in [4.69, 9.17) is 0 Å². The van der Waals surface area contributed by atoms with Gasteiger partial charge in [-0.05, 0) is 47.3 Å². The lowest BCUT2D eigenvalue weighted by Gasteiger charge is -2.33. The van der Waals surface area contributed by atoms with Crippen LogP contribution in [0.4, 0.5) is 0 Å². The van der Waals surface area contributed by atoms with Crippen LogP contribution in [0.25, 0.3) is 0 Å². The number of nitrogens with one attached hydrogen (secondary N) is 1. The van der Waals surface area contributed by atoms with Crippen molar-refractivity contribution in [1.29, 1.82) is 0 Å². The maximum atomic E-state index is 12.6. The summed E-state index contributed by atoms with van der Waals surface area (Å²) < 4.78 is 27.4. The van der Waals surface area contributed by atoms with E-state index in [-0.39, 0.29) is 4.90 Å². The Hall–Kier alpha value is -0.500. The number of pyridine rings is 1. The van der Waals surface area contributed by atoms with Crippen molar-refractivity contribution in [3.8, 4) is 0 Å². The lowest BCUT2D eigenvalue weighted by molar-refractivity contribution is 0.247. The minimum Gasteiger partial charge on any atom is -0.314 e. The smallest absolute Gasteiger partial charge is 0.244 e. The van der Waals surface area contributed by atoms with E-state index in [9.17, 15) is 8.42 Å². The summed E-state index contributed by atoms with van der Waals surface area (Å²) in [6.45, 7) is 2.21. The van der Waals surface area contributed by atoms with Gasteiger partial charge in [-0.2, -0.15) is 4.31 Å². The molecule has 2 atom stereocenters. The number of aromatic nitrogens is 1. The zero-order chi connectivity index (χ0) is 13.5. The van der Waals surface area contributed by atoms with Crippen LogP contribution >= 0.6 is 15.9 Å². The Morgan fingerprint density at radius 3 is 3.00 bits per heavy atom. The number of fused-ring (bicyclic) bond motifs is 1. The van der Waals surface area contributed by atoms with Crippen LogP contribution in [-0.2, 0) is 10.0 Å². The van der Waals surface area contributed by atoms with E-state index in [0.29, 0.717) is 29.5 Å². The Balaban J connectivity index is 1.85. The van der Waals surface area contributed by atoms with Crippen molar-refractivity contribution in [2.75, 3.05) is 19.6 Å². The van der Waals surface area contributed by atoms with E-state index in [1.807, 2.05) is 0 Å². The van der Waals surface area contributed by atoms with Gasteiger partial charge in [-0.25, -0.2) is 8.42 Å². The third kappa shape index (κ3) is 2.56. The van der Waals surface area contributed by atoms with Gasteiger partial charge in [0.05, 0.1) is 0 Å². The Labute approximate surface area is 121 Å². The summed E-state index contributed by atoms with van der Waals surface area (Å²) >= 11 is 3.27. The molecule has 0 bridgehead atoms. The van der Waals surface area contributed by atoms with Gasteiger partial charge in [-0.3, -0.25) is 4.98 Å². The van der Waals surface area contributed by atoms with Gasteiger partial charge in [0.2, 0.25) is 10.0 Å². The molecule has 0 aromatic carbocycles. The first-order valence-corrected chi connectivity index (χ1v) is 8.65. The van der Waals surface area contributed by atoms with Gasteiger partial charge in [0.15, 0.2) is 0 Å². The van der Waals surface area contributed by atoms with Gasteiger partial charge in [0, 0.05) is 36.0 Å². The molecule has 2 aliphatic rings. The van der Waals surface area contributed by atoms with E-state index in [2.05, 4.69) is 26.2 Å². The minimum absolute atomic E-state index is 0.270. The Morgan fingerprint density at radius 1 is 1.37 bits per heavy atom. The van der Waals surface area contributed by atoms with Crippen LogP contribution in [0.3, 0.4) is 0 Å². The second-order valence-corrected chi connectivity index (χ2v) is 7.95. The number of piperidine rings is 1. The third-order valence-electron chi connectivity index (χ3n) is 3.94. The number of nitrogens with zero attached hydrogens (tertiary/aromatic N) is 2. The van der Waals surface area contributed by atoms with Crippen molar-refractivity contribution in [2.45, 2.75) is 23.8 Å². The second kappa shape index (κ2) is 5.12. The van der Waals surface area contributed by atoms with Crippen LogP contribution in [0, 0.1) is 5.92 Å². The van der Waals surface area contributed by atoms with E-state index < -0.39 is 10.0 Å². The number of rotatable bonds is 2. The first-order chi connectivity index (χ1) is 9.07. The van der Waals surface area contributed by atoms with E-state index in [1.54, 1.807) is 16.6 Å². The van der Waals surface area contributed by atoms with Crippen molar-refractivity contribution in [2.24, 2.45) is 5.92 Å². The highest BCUT2D eigenvalue weighted by molar-refractivity contribution is 9.10. The molecule has 1 aromatic heterocycles. The summed E-state index contributed by atoms with van der Waals surface area (Å²) in [7, 11) is -3.41. The molecule has 2 unspecified atom stereocenters. The monoisotopic (exact) mass is 345 g/mol. The van der Waals surface area contributed by atoms with Gasteiger partial charge in [0.1, 0.15) is 4.90 Å². The van der Waals surface area contributed by atoms with Gasteiger partial charge in [0.25, 0.3) is 0 Å². The Morgan fingerprint density at radius 2 is 2.21 bits per heavy atom. The molecule has 0 aliphatic carbocycles. The second-order valence-electron chi connectivity index (χ2n) is 5.10. The fourth-order valence-corrected chi connectivity index (χ4v) is 4.93.